The molecule has 3 fully saturated rings. The van der Waals surface area contributed by atoms with Crippen LogP contribution in [0.3, 0.4) is 0 Å². The summed E-state index contributed by atoms with van der Waals surface area (Å²) in [6.07, 6.45) is 8.60. The molecule has 0 aromatic carbocycles. The minimum absolute atomic E-state index is 0.419. The fourth-order valence-corrected chi connectivity index (χ4v) is 4.40. The summed E-state index contributed by atoms with van der Waals surface area (Å²) in [5.41, 5.74) is 5.69. The summed E-state index contributed by atoms with van der Waals surface area (Å²) in [5, 5.41) is 0. The topological polar surface area (TPSA) is 46.3 Å². The Hall–Kier alpha value is -0.570. The molecule has 3 unspecified atom stereocenters. The van der Waals surface area contributed by atoms with Gasteiger partial charge in [0.2, 0.25) is 5.91 Å². The Morgan fingerprint density at radius 3 is 2.44 bits per heavy atom. The van der Waals surface area contributed by atoms with Crippen LogP contribution in [0, 0.1) is 23.7 Å². The molecule has 0 aromatic heterocycles. The van der Waals surface area contributed by atoms with Gasteiger partial charge in [-0.1, -0.05) is 6.42 Å². The molecule has 3 rings (SSSR count). The number of hydrogen-bond acceptors (Lipinski definition) is 2. The highest BCUT2D eigenvalue weighted by molar-refractivity contribution is 5.76. The summed E-state index contributed by atoms with van der Waals surface area (Å²) < 4.78 is 0. The van der Waals surface area contributed by atoms with Crippen molar-refractivity contribution >= 4 is 5.91 Å². The van der Waals surface area contributed by atoms with Gasteiger partial charge in [0, 0.05) is 19.5 Å². The Morgan fingerprint density at radius 2 is 1.89 bits per heavy atom. The Bertz CT molecular complexity index is 310. The third-order valence-electron chi connectivity index (χ3n) is 5.62. The van der Waals surface area contributed by atoms with Crippen LogP contribution in [0.15, 0.2) is 0 Å². The lowest BCUT2D eigenvalue weighted by atomic mass is 9.86. The van der Waals surface area contributed by atoms with E-state index < -0.39 is 0 Å². The predicted molar refractivity (Wildman–Crippen MR) is 71.9 cm³/mol. The van der Waals surface area contributed by atoms with Crippen LogP contribution in [0.5, 0.6) is 0 Å². The van der Waals surface area contributed by atoms with Crippen molar-refractivity contribution in [3.8, 4) is 0 Å². The van der Waals surface area contributed by atoms with Crippen molar-refractivity contribution < 1.29 is 4.79 Å². The van der Waals surface area contributed by atoms with Gasteiger partial charge in [-0.25, -0.2) is 0 Å². The molecule has 2 N–H and O–H groups in total. The zero-order valence-corrected chi connectivity index (χ0v) is 11.3. The first kappa shape index (κ1) is 12.5. The number of hydrogen-bond donors (Lipinski definition) is 1. The first-order chi connectivity index (χ1) is 8.76. The SMILES string of the molecule is NCC1CCN(C(=O)CC2CC3CCC2C3)CC1. The van der Waals surface area contributed by atoms with Crippen molar-refractivity contribution in [2.24, 2.45) is 29.4 Å². The van der Waals surface area contributed by atoms with Crippen LogP contribution in [-0.2, 0) is 4.79 Å². The molecule has 3 heteroatoms. The Balaban J connectivity index is 1.47. The average molecular weight is 250 g/mol. The largest absolute Gasteiger partial charge is 0.343 e. The van der Waals surface area contributed by atoms with Gasteiger partial charge in [-0.15, -0.1) is 0 Å². The Kier molecular flexibility index (Phi) is 3.60. The predicted octanol–water partition coefficient (Wildman–Crippen LogP) is 2.01. The van der Waals surface area contributed by atoms with E-state index in [9.17, 15) is 4.79 Å². The van der Waals surface area contributed by atoms with Gasteiger partial charge in [-0.3, -0.25) is 4.79 Å². The minimum Gasteiger partial charge on any atom is -0.343 e. The third kappa shape index (κ3) is 2.42. The maximum absolute atomic E-state index is 12.3. The van der Waals surface area contributed by atoms with Crippen LogP contribution >= 0.6 is 0 Å². The highest BCUT2D eigenvalue weighted by Crippen LogP contribution is 2.49. The Morgan fingerprint density at radius 1 is 1.11 bits per heavy atom. The molecule has 0 spiro atoms. The molecule has 102 valence electrons. The van der Waals surface area contributed by atoms with Crippen LogP contribution in [0.25, 0.3) is 0 Å². The summed E-state index contributed by atoms with van der Waals surface area (Å²) in [5.74, 6) is 3.61. The lowest BCUT2D eigenvalue weighted by Gasteiger charge is -2.33. The number of carbonyl (C=O) groups is 1. The van der Waals surface area contributed by atoms with Gasteiger partial charge in [-0.2, -0.15) is 0 Å². The monoisotopic (exact) mass is 250 g/mol. The zero-order chi connectivity index (χ0) is 12.5. The number of nitrogens with zero attached hydrogens (tertiary/aromatic N) is 1. The average Bonchev–Trinajstić information content (AvgIpc) is 3.01. The number of likely N-dealkylation sites (tertiary alicyclic amines) is 1. The van der Waals surface area contributed by atoms with Crippen molar-refractivity contribution in [2.75, 3.05) is 19.6 Å². The van der Waals surface area contributed by atoms with E-state index >= 15 is 0 Å². The van der Waals surface area contributed by atoms with Crippen LogP contribution in [-0.4, -0.2) is 30.4 Å². The summed E-state index contributed by atoms with van der Waals surface area (Å²) in [4.78, 5) is 14.4. The fraction of sp³-hybridized carbons (Fsp3) is 0.933. The van der Waals surface area contributed by atoms with E-state index in [1.54, 1.807) is 0 Å². The molecule has 3 nitrogen and oxygen atoms in total. The van der Waals surface area contributed by atoms with Crippen molar-refractivity contribution in [1.82, 2.24) is 4.90 Å². The summed E-state index contributed by atoms with van der Waals surface area (Å²) in [7, 11) is 0. The lowest BCUT2D eigenvalue weighted by molar-refractivity contribution is -0.134. The van der Waals surface area contributed by atoms with E-state index in [1.165, 1.54) is 25.7 Å². The number of nitrogens with two attached hydrogens (primary N) is 1. The van der Waals surface area contributed by atoms with Gasteiger partial charge in [-0.05, 0) is 62.3 Å². The second-order valence-corrected chi connectivity index (χ2v) is 6.70. The number of piperidine rings is 1. The number of amides is 1. The van der Waals surface area contributed by atoms with Crippen LogP contribution in [0.2, 0.25) is 0 Å². The molecule has 0 radical (unpaired) electrons. The van der Waals surface area contributed by atoms with Crippen LogP contribution in [0.4, 0.5) is 0 Å². The molecular weight excluding hydrogens is 224 g/mol. The highest BCUT2D eigenvalue weighted by atomic mass is 16.2. The molecule has 1 aliphatic heterocycles. The van der Waals surface area contributed by atoms with Gasteiger partial charge >= 0.3 is 0 Å². The maximum Gasteiger partial charge on any atom is 0.222 e. The second-order valence-electron chi connectivity index (χ2n) is 6.70. The van der Waals surface area contributed by atoms with E-state index in [2.05, 4.69) is 4.90 Å². The van der Waals surface area contributed by atoms with Gasteiger partial charge in [0.15, 0.2) is 0 Å². The van der Waals surface area contributed by atoms with Crippen molar-refractivity contribution in [3.63, 3.8) is 0 Å². The normalized spacial score (nSPS) is 36.3. The molecule has 0 aromatic rings. The van der Waals surface area contributed by atoms with E-state index in [-0.39, 0.29) is 0 Å². The first-order valence-corrected chi connectivity index (χ1v) is 7.74. The number of rotatable bonds is 3. The molecule has 2 saturated carbocycles. The fourth-order valence-electron chi connectivity index (χ4n) is 4.40. The number of fused-ring (bicyclic) bond motifs is 2. The first-order valence-electron chi connectivity index (χ1n) is 7.74. The van der Waals surface area contributed by atoms with E-state index in [4.69, 9.17) is 5.73 Å². The lowest BCUT2D eigenvalue weighted by Crippen LogP contribution is -2.41. The molecule has 1 saturated heterocycles. The zero-order valence-electron chi connectivity index (χ0n) is 11.3. The second kappa shape index (κ2) is 5.20. The van der Waals surface area contributed by atoms with Crippen molar-refractivity contribution in [1.29, 1.82) is 0 Å². The molecule has 3 aliphatic rings. The minimum atomic E-state index is 0.419. The van der Waals surface area contributed by atoms with Crippen molar-refractivity contribution in [2.45, 2.75) is 44.9 Å². The van der Waals surface area contributed by atoms with Gasteiger partial charge in [0.05, 0.1) is 0 Å². The number of carbonyl (C=O) groups excluding carboxylic acids is 1. The van der Waals surface area contributed by atoms with Gasteiger partial charge in [0.1, 0.15) is 0 Å². The molecule has 1 amide bonds. The summed E-state index contributed by atoms with van der Waals surface area (Å²) in [6.45, 7) is 2.68. The van der Waals surface area contributed by atoms with E-state index in [1.807, 2.05) is 0 Å². The molecule has 2 bridgehead atoms. The van der Waals surface area contributed by atoms with Crippen molar-refractivity contribution in [3.05, 3.63) is 0 Å². The molecule has 3 atom stereocenters. The van der Waals surface area contributed by atoms with Crippen LogP contribution < -0.4 is 5.73 Å². The van der Waals surface area contributed by atoms with Crippen LogP contribution in [0.1, 0.15) is 44.9 Å². The summed E-state index contributed by atoms with van der Waals surface area (Å²) in [6, 6.07) is 0. The van der Waals surface area contributed by atoms with Gasteiger partial charge in [0.25, 0.3) is 0 Å². The van der Waals surface area contributed by atoms with Gasteiger partial charge < -0.3 is 10.6 Å². The Labute approximate surface area is 110 Å². The summed E-state index contributed by atoms with van der Waals surface area (Å²) >= 11 is 0. The van der Waals surface area contributed by atoms with E-state index in [0.717, 1.165) is 50.7 Å². The molecule has 2 aliphatic carbocycles. The van der Waals surface area contributed by atoms with E-state index in [0.29, 0.717) is 17.7 Å². The smallest absolute Gasteiger partial charge is 0.222 e. The maximum atomic E-state index is 12.3. The third-order valence-corrected chi connectivity index (χ3v) is 5.62. The quantitative estimate of drug-likeness (QED) is 0.833. The molecule has 18 heavy (non-hydrogen) atoms. The molecule has 1 heterocycles. The standard InChI is InChI=1S/C15H26N2O/c16-10-11-3-5-17(6-4-11)15(18)9-14-8-12-1-2-13(14)7-12/h11-14H,1-10,16H2. The highest BCUT2D eigenvalue weighted by Gasteiger charge is 2.40. The molecular formula is C15H26N2O.